The van der Waals surface area contributed by atoms with Crippen LogP contribution in [0.25, 0.3) is 0 Å². The van der Waals surface area contributed by atoms with Crippen molar-refractivity contribution in [1.29, 1.82) is 0 Å². The van der Waals surface area contributed by atoms with E-state index in [4.69, 9.17) is 4.74 Å². The molecule has 4 nitrogen and oxygen atoms in total. The third-order valence-electron chi connectivity index (χ3n) is 3.08. The molecule has 0 spiro atoms. The Kier molecular flexibility index (Phi) is 3.94. The number of carbonyl (C=O) groups excluding carboxylic acids is 1. The predicted molar refractivity (Wildman–Crippen MR) is 78.5 cm³/mol. The number of rotatable bonds is 3. The third kappa shape index (κ3) is 2.91. The van der Waals surface area contributed by atoms with Crippen LogP contribution in [0.5, 0.6) is 11.5 Å². The molecule has 0 aliphatic carbocycles. The number of nitrogens with one attached hydrogen (secondary N) is 1. The lowest BCUT2D eigenvalue weighted by atomic mass is 10.1. The first-order valence-electron chi connectivity index (χ1n) is 6.27. The van der Waals surface area contributed by atoms with Gasteiger partial charge in [-0.05, 0) is 55.3 Å². The number of amides is 1. The highest BCUT2D eigenvalue weighted by molar-refractivity contribution is 6.04. The van der Waals surface area contributed by atoms with Crippen molar-refractivity contribution in [3.05, 3.63) is 53.1 Å². The molecule has 0 unspecified atom stereocenters. The van der Waals surface area contributed by atoms with E-state index in [0.29, 0.717) is 17.0 Å². The van der Waals surface area contributed by atoms with E-state index in [1.165, 1.54) is 0 Å². The number of hydrogen-bond acceptors (Lipinski definition) is 3. The van der Waals surface area contributed by atoms with Crippen LogP contribution in [0.2, 0.25) is 0 Å². The minimum absolute atomic E-state index is 0.214. The number of methoxy groups -OCH3 is 1. The van der Waals surface area contributed by atoms with Crippen molar-refractivity contribution in [1.82, 2.24) is 0 Å². The van der Waals surface area contributed by atoms with Gasteiger partial charge in [0.25, 0.3) is 5.91 Å². The van der Waals surface area contributed by atoms with Gasteiger partial charge in [-0.15, -0.1) is 0 Å². The lowest BCUT2D eigenvalue weighted by Crippen LogP contribution is -2.12. The normalized spacial score (nSPS) is 10.2. The van der Waals surface area contributed by atoms with E-state index in [0.717, 1.165) is 11.1 Å². The first-order valence-corrected chi connectivity index (χ1v) is 6.27. The minimum Gasteiger partial charge on any atom is -0.507 e. The number of aryl methyl sites for hydroxylation is 2. The van der Waals surface area contributed by atoms with Gasteiger partial charge < -0.3 is 15.2 Å². The van der Waals surface area contributed by atoms with E-state index in [9.17, 15) is 9.90 Å². The molecule has 4 heteroatoms. The first kappa shape index (κ1) is 13.9. The monoisotopic (exact) mass is 271 g/mol. The molecule has 0 aromatic heterocycles. The van der Waals surface area contributed by atoms with Crippen molar-refractivity contribution in [2.45, 2.75) is 13.8 Å². The summed E-state index contributed by atoms with van der Waals surface area (Å²) >= 11 is 0. The molecule has 2 aromatic carbocycles. The van der Waals surface area contributed by atoms with Gasteiger partial charge in [0.15, 0.2) is 0 Å². The Morgan fingerprint density at radius 2 is 1.80 bits per heavy atom. The van der Waals surface area contributed by atoms with Gasteiger partial charge in [-0.1, -0.05) is 6.07 Å². The second-order valence-electron chi connectivity index (χ2n) is 4.64. The Labute approximate surface area is 118 Å². The molecule has 0 bridgehead atoms. The number of phenolic OH excluding ortho intramolecular Hbond substituents is 1. The van der Waals surface area contributed by atoms with Crippen LogP contribution in [0, 0.1) is 13.8 Å². The summed E-state index contributed by atoms with van der Waals surface area (Å²) in [6.07, 6.45) is 0. The zero-order chi connectivity index (χ0) is 14.7. The zero-order valence-electron chi connectivity index (χ0n) is 11.7. The summed E-state index contributed by atoms with van der Waals surface area (Å²) in [5.41, 5.74) is 2.63. The molecule has 2 N–H and O–H groups in total. The van der Waals surface area contributed by atoms with Gasteiger partial charge >= 0.3 is 0 Å². The van der Waals surface area contributed by atoms with Crippen molar-refractivity contribution >= 4 is 11.6 Å². The first-order chi connectivity index (χ1) is 9.51. The maximum atomic E-state index is 12.2. The van der Waals surface area contributed by atoms with Gasteiger partial charge in [-0.3, -0.25) is 4.79 Å². The summed E-state index contributed by atoms with van der Waals surface area (Å²) in [6, 6.07) is 10.4. The molecule has 2 aromatic rings. The van der Waals surface area contributed by atoms with E-state index in [-0.39, 0.29) is 11.7 Å². The highest BCUT2D eigenvalue weighted by Gasteiger charge is 2.09. The lowest BCUT2D eigenvalue weighted by molar-refractivity contribution is 0.102. The summed E-state index contributed by atoms with van der Waals surface area (Å²) in [4.78, 5) is 12.2. The van der Waals surface area contributed by atoms with Crippen LogP contribution in [-0.2, 0) is 0 Å². The number of benzene rings is 2. The van der Waals surface area contributed by atoms with Crippen LogP contribution in [0.15, 0.2) is 36.4 Å². The number of aromatic hydroxyl groups is 1. The minimum atomic E-state index is -0.214. The van der Waals surface area contributed by atoms with Gasteiger partial charge in [0.1, 0.15) is 11.5 Å². The fraction of sp³-hybridized carbons (Fsp3) is 0.188. The standard InChI is InChI=1S/C16H17NO3/c1-10-7-13(8-11(2)15(10)18)17-16(19)12-5-4-6-14(9-12)20-3/h4-9,18H,1-3H3,(H,17,19). The van der Waals surface area contributed by atoms with E-state index in [1.54, 1.807) is 57.4 Å². The summed E-state index contributed by atoms with van der Waals surface area (Å²) in [7, 11) is 1.56. The van der Waals surface area contributed by atoms with Crippen molar-refractivity contribution in [2.75, 3.05) is 12.4 Å². The summed E-state index contributed by atoms with van der Waals surface area (Å²) in [5.74, 6) is 0.675. The van der Waals surface area contributed by atoms with Crippen LogP contribution in [0.1, 0.15) is 21.5 Å². The molecular formula is C16H17NO3. The van der Waals surface area contributed by atoms with Crippen molar-refractivity contribution in [3.63, 3.8) is 0 Å². The van der Waals surface area contributed by atoms with Crippen molar-refractivity contribution in [3.8, 4) is 11.5 Å². The number of carbonyl (C=O) groups is 1. The molecule has 0 radical (unpaired) electrons. The molecular weight excluding hydrogens is 254 g/mol. The summed E-state index contributed by atoms with van der Waals surface area (Å²) in [5, 5.41) is 12.5. The third-order valence-corrected chi connectivity index (χ3v) is 3.08. The van der Waals surface area contributed by atoms with E-state index in [1.807, 2.05) is 0 Å². The molecule has 0 saturated heterocycles. The van der Waals surface area contributed by atoms with Gasteiger partial charge in [0.05, 0.1) is 7.11 Å². The SMILES string of the molecule is COc1cccc(C(=O)Nc2cc(C)c(O)c(C)c2)c1. The number of ether oxygens (including phenoxy) is 1. The highest BCUT2D eigenvalue weighted by atomic mass is 16.5. The van der Waals surface area contributed by atoms with Gasteiger partial charge in [0, 0.05) is 11.3 Å². The Morgan fingerprint density at radius 3 is 2.40 bits per heavy atom. The molecule has 0 heterocycles. The molecule has 0 aliphatic heterocycles. The van der Waals surface area contributed by atoms with E-state index >= 15 is 0 Å². The van der Waals surface area contributed by atoms with Crippen molar-refractivity contribution < 1.29 is 14.6 Å². The smallest absolute Gasteiger partial charge is 0.255 e. The summed E-state index contributed by atoms with van der Waals surface area (Å²) in [6.45, 7) is 3.59. The van der Waals surface area contributed by atoms with Gasteiger partial charge in [0.2, 0.25) is 0 Å². The lowest BCUT2D eigenvalue weighted by Gasteiger charge is -2.10. The van der Waals surface area contributed by atoms with Crippen LogP contribution >= 0.6 is 0 Å². The van der Waals surface area contributed by atoms with Crippen LogP contribution in [0.4, 0.5) is 5.69 Å². The maximum Gasteiger partial charge on any atom is 0.255 e. The zero-order valence-corrected chi connectivity index (χ0v) is 11.7. The Balaban J connectivity index is 2.23. The fourth-order valence-corrected chi connectivity index (χ4v) is 2.00. The number of hydrogen-bond donors (Lipinski definition) is 2. The topological polar surface area (TPSA) is 58.6 Å². The largest absolute Gasteiger partial charge is 0.507 e. The summed E-state index contributed by atoms with van der Waals surface area (Å²) < 4.78 is 5.10. The van der Waals surface area contributed by atoms with E-state index < -0.39 is 0 Å². The van der Waals surface area contributed by atoms with E-state index in [2.05, 4.69) is 5.32 Å². The maximum absolute atomic E-state index is 12.2. The van der Waals surface area contributed by atoms with Crippen LogP contribution < -0.4 is 10.1 Å². The molecule has 2 rings (SSSR count). The second-order valence-corrected chi connectivity index (χ2v) is 4.64. The molecule has 0 aliphatic rings. The molecule has 0 fully saturated rings. The average Bonchev–Trinajstić information content (AvgIpc) is 2.44. The van der Waals surface area contributed by atoms with Crippen LogP contribution in [-0.4, -0.2) is 18.1 Å². The Bertz CT molecular complexity index is 627. The predicted octanol–water partition coefficient (Wildman–Crippen LogP) is 3.27. The van der Waals surface area contributed by atoms with Gasteiger partial charge in [-0.2, -0.15) is 0 Å². The molecule has 0 saturated carbocycles. The van der Waals surface area contributed by atoms with Crippen LogP contribution in [0.3, 0.4) is 0 Å². The molecule has 1 amide bonds. The van der Waals surface area contributed by atoms with Crippen molar-refractivity contribution in [2.24, 2.45) is 0 Å². The quantitative estimate of drug-likeness (QED) is 0.842. The second kappa shape index (κ2) is 5.65. The Morgan fingerprint density at radius 1 is 1.15 bits per heavy atom. The number of phenols is 1. The molecule has 20 heavy (non-hydrogen) atoms. The van der Waals surface area contributed by atoms with Gasteiger partial charge in [-0.25, -0.2) is 0 Å². The molecule has 104 valence electrons. The fourth-order valence-electron chi connectivity index (χ4n) is 2.00. The molecule has 0 atom stereocenters. The highest BCUT2D eigenvalue weighted by Crippen LogP contribution is 2.26. The average molecular weight is 271 g/mol. The Hall–Kier alpha value is -2.49. The number of anilines is 1.